The largest absolute Gasteiger partial charge is 0.320 e. The maximum Gasteiger partial charge on any atom is 0.244 e. The Kier molecular flexibility index (Phi) is 3.34. The number of rotatable bonds is 2. The maximum absolute atomic E-state index is 13.8. The molecule has 1 atom stereocenters. The van der Waals surface area contributed by atoms with E-state index in [1.54, 1.807) is 6.92 Å². The average Bonchev–Trinajstić information content (AvgIpc) is 2.78. The second-order valence-electron chi connectivity index (χ2n) is 4.87. The minimum atomic E-state index is -0.756. The zero-order valence-electron chi connectivity index (χ0n) is 10.4. The van der Waals surface area contributed by atoms with Gasteiger partial charge in [0.1, 0.15) is 11.5 Å². The molecule has 0 radical (unpaired) electrons. The van der Waals surface area contributed by atoms with Crippen LogP contribution in [0.25, 0.3) is 0 Å². The van der Waals surface area contributed by atoms with Crippen molar-refractivity contribution >= 4 is 11.6 Å². The van der Waals surface area contributed by atoms with Crippen molar-refractivity contribution in [2.45, 2.75) is 32.2 Å². The van der Waals surface area contributed by atoms with E-state index in [1.807, 2.05) is 0 Å². The normalized spacial score (nSPS) is 23.1. The lowest BCUT2D eigenvalue weighted by atomic mass is 9.99. The summed E-state index contributed by atoms with van der Waals surface area (Å²) >= 11 is 0. The van der Waals surface area contributed by atoms with Gasteiger partial charge in [0.15, 0.2) is 5.82 Å². The Labute approximate surface area is 105 Å². The van der Waals surface area contributed by atoms with Gasteiger partial charge in [-0.15, -0.1) is 0 Å². The summed E-state index contributed by atoms with van der Waals surface area (Å²) in [7, 11) is 0. The maximum atomic E-state index is 13.8. The van der Waals surface area contributed by atoms with Crippen LogP contribution in [-0.4, -0.2) is 18.0 Å². The number of carbonyl (C=O) groups excluding carboxylic acids is 1. The summed E-state index contributed by atoms with van der Waals surface area (Å²) in [6, 6.07) is 2.49. The molecule has 0 aliphatic carbocycles. The Balaban J connectivity index is 2.24. The van der Waals surface area contributed by atoms with Crippen LogP contribution in [0.5, 0.6) is 0 Å². The highest BCUT2D eigenvalue weighted by molar-refractivity contribution is 5.98. The molecule has 2 rings (SSSR count). The fourth-order valence-corrected chi connectivity index (χ4v) is 2.11. The number of benzene rings is 1. The van der Waals surface area contributed by atoms with Crippen molar-refractivity contribution < 1.29 is 13.6 Å². The molecule has 0 spiro atoms. The summed E-state index contributed by atoms with van der Waals surface area (Å²) in [5, 5.41) is 5.40. The van der Waals surface area contributed by atoms with Gasteiger partial charge in [-0.3, -0.25) is 4.79 Å². The molecule has 0 bridgehead atoms. The van der Waals surface area contributed by atoms with Gasteiger partial charge < -0.3 is 10.6 Å². The van der Waals surface area contributed by atoms with E-state index in [2.05, 4.69) is 10.6 Å². The molecule has 98 valence electrons. The van der Waals surface area contributed by atoms with Gasteiger partial charge in [-0.05, 0) is 44.9 Å². The molecule has 1 fully saturated rings. The van der Waals surface area contributed by atoms with E-state index < -0.39 is 23.1 Å². The van der Waals surface area contributed by atoms with E-state index in [-0.39, 0.29) is 5.69 Å². The van der Waals surface area contributed by atoms with Gasteiger partial charge in [0.2, 0.25) is 5.91 Å². The molecule has 1 aromatic carbocycles. The zero-order valence-corrected chi connectivity index (χ0v) is 10.4. The summed E-state index contributed by atoms with van der Waals surface area (Å²) in [5.41, 5.74) is -0.811. The van der Waals surface area contributed by atoms with Crippen molar-refractivity contribution in [1.82, 2.24) is 5.32 Å². The van der Waals surface area contributed by atoms with E-state index >= 15 is 0 Å². The quantitative estimate of drug-likeness (QED) is 0.850. The van der Waals surface area contributed by atoms with Gasteiger partial charge in [0.25, 0.3) is 0 Å². The van der Waals surface area contributed by atoms with Crippen molar-refractivity contribution in [3.8, 4) is 0 Å². The molecule has 18 heavy (non-hydrogen) atoms. The number of nitrogens with one attached hydrogen (secondary N) is 2. The summed E-state index contributed by atoms with van der Waals surface area (Å²) < 4.78 is 27.3. The molecule has 3 nitrogen and oxygen atoms in total. The van der Waals surface area contributed by atoms with Crippen LogP contribution in [0.4, 0.5) is 14.5 Å². The van der Waals surface area contributed by atoms with Crippen LogP contribution in [0, 0.1) is 18.6 Å². The monoisotopic (exact) mass is 254 g/mol. The molecular weight excluding hydrogens is 238 g/mol. The van der Waals surface area contributed by atoms with E-state index in [1.165, 1.54) is 13.0 Å². The molecule has 1 unspecified atom stereocenters. The van der Waals surface area contributed by atoms with Gasteiger partial charge in [-0.2, -0.15) is 0 Å². The first-order valence-corrected chi connectivity index (χ1v) is 5.95. The van der Waals surface area contributed by atoms with Gasteiger partial charge in [-0.25, -0.2) is 8.78 Å². The Morgan fingerprint density at radius 2 is 2.17 bits per heavy atom. The first kappa shape index (κ1) is 13.0. The number of anilines is 1. The number of halogens is 2. The van der Waals surface area contributed by atoms with E-state index in [0.29, 0.717) is 12.0 Å². The molecule has 1 amide bonds. The Hall–Kier alpha value is -1.49. The van der Waals surface area contributed by atoms with Crippen molar-refractivity contribution in [1.29, 1.82) is 0 Å². The summed E-state index contributed by atoms with van der Waals surface area (Å²) in [6.07, 6.45) is 1.54. The topological polar surface area (TPSA) is 41.1 Å². The van der Waals surface area contributed by atoms with Crippen LogP contribution in [0.3, 0.4) is 0 Å². The van der Waals surface area contributed by atoms with Crippen LogP contribution < -0.4 is 10.6 Å². The Bertz CT molecular complexity index is 482. The molecule has 0 saturated carbocycles. The van der Waals surface area contributed by atoms with Crippen LogP contribution >= 0.6 is 0 Å². The summed E-state index contributed by atoms with van der Waals surface area (Å²) in [6.45, 7) is 4.00. The Morgan fingerprint density at radius 3 is 2.78 bits per heavy atom. The minimum Gasteiger partial charge on any atom is -0.320 e. The molecule has 0 aromatic heterocycles. The molecule has 1 saturated heterocycles. The fourth-order valence-electron chi connectivity index (χ4n) is 2.11. The second-order valence-corrected chi connectivity index (χ2v) is 4.87. The third-order valence-electron chi connectivity index (χ3n) is 3.39. The van der Waals surface area contributed by atoms with Gasteiger partial charge in [0.05, 0.1) is 5.54 Å². The van der Waals surface area contributed by atoms with Crippen LogP contribution in [-0.2, 0) is 4.79 Å². The lowest BCUT2D eigenvalue weighted by molar-refractivity contribution is -0.121. The standard InChI is InChI=1S/C13H16F2N2O/c1-8-4-5-9(14)11(10(8)15)17-12(18)13(2)6-3-7-16-13/h4-5,16H,3,6-7H2,1-2H3,(H,17,18). The smallest absolute Gasteiger partial charge is 0.244 e. The summed E-state index contributed by atoms with van der Waals surface area (Å²) in [5.74, 6) is -1.87. The van der Waals surface area contributed by atoms with Crippen LogP contribution in [0.1, 0.15) is 25.3 Å². The van der Waals surface area contributed by atoms with Crippen LogP contribution in [0.2, 0.25) is 0 Å². The SMILES string of the molecule is Cc1ccc(F)c(NC(=O)C2(C)CCCN2)c1F. The third kappa shape index (κ3) is 2.22. The molecule has 1 aliphatic rings. The predicted molar refractivity (Wildman–Crippen MR) is 65.4 cm³/mol. The highest BCUT2D eigenvalue weighted by atomic mass is 19.1. The van der Waals surface area contributed by atoms with E-state index in [0.717, 1.165) is 19.0 Å². The average molecular weight is 254 g/mol. The summed E-state index contributed by atoms with van der Waals surface area (Å²) in [4.78, 5) is 12.0. The molecule has 5 heteroatoms. The minimum absolute atomic E-state index is 0.302. The lowest BCUT2D eigenvalue weighted by Gasteiger charge is -2.23. The van der Waals surface area contributed by atoms with Crippen LogP contribution in [0.15, 0.2) is 12.1 Å². The third-order valence-corrected chi connectivity index (χ3v) is 3.39. The zero-order chi connectivity index (χ0) is 13.3. The molecular formula is C13H16F2N2O. The molecule has 1 aliphatic heterocycles. The van der Waals surface area contributed by atoms with Gasteiger partial charge in [-0.1, -0.05) is 6.07 Å². The van der Waals surface area contributed by atoms with Crippen molar-refractivity contribution in [3.05, 3.63) is 29.3 Å². The van der Waals surface area contributed by atoms with Crippen molar-refractivity contribution in [2.24, 2.45) is 0 Å². The second kappa shape index (κ2) is 4.65. The van der Waals surface area contributed by atoms with Crippen molar-refractivity contribution in [2.75, 3.05) is 11.9 Å². The first-order chi connectivity index (χ1) is 8.44. The highest BCUT2D eigenvalue weighted by Gasteiger charge is 2.36. The fraction of sp³-hybridized carbons (Fsp3) is 0.462. The Morgan fingerprint density at radius 1 is 1.44 bits per heavy atom. The lowest BCUT2D eigenvalue weighted by Crippen LogP contribution is -2.48. The number of aryl methyl sites for hydroxylation is 1. The predicted octanol–water partition coefficient (Wildman–Crippen LogP) is 2.35. The molecule has 1 aromatic rings. The van der Waals surface area contributed by atoms with Gasteiger partial charge in [0, 0.05) is 0 Å². The highest BCUT2D eigenvalue weighted by Crippen LogP contribution is 2.25. The first-order valence-electron chi connectivity index (χ1n) is 5.95. The van der Waals surface area contributed by atoms with E-state index in [4.69, 9.17) is 0 Å². The van der Waals surface area contributed by atoms with E-state index in [9.17, 15) is 13.6 Å². The van der Waals surface area contributed by atoms with Crippen molar-refractivity contribution in [3.63, 3.8) is 0 Å². The number of hydrogen-bond donors (Lipinski definition) is 2. The number of hydrogen-bond acceptors (Lipinski definition) is 2. The number of carbonyl (C=O) groups is 1. The molecule has 1 heterocycles. The molecule has 2 N–H and O–H groups in total. The van der Waals surface area contributed by atoms with Gasteiger partial charge >= 0.3 is 0 Å². The number of amides is 1.